The molecule has 1 aliphatic heterocycles. The first-order chi connectivity index (χ1) is 18.0. The van der Waals surface area contributed by atoms with Crippen molar-refractivity contribution in [2.24, 2.45) is 0 Å². The fourth-order valence-electron chi connectivity index (χ4n) is 5.38. The number of nitrogens with zero attached hydrogens (tertiary/aromatic N) is 2. The van der Waals surface area contributed by atoms with Gasteiger partial charge in [-0.2, -0.15) is 0 Å². The van der Waals surface area contributed by atoms with Crippen molar-refractivity contribution < 1.29 is 19.1 Å². The van der Waals surface area contributed by atoms with Crippen LogP contribution < -0.4 is 0 Å². The van der Waals surface area contributed by atoms with Crippen LogP contribution in [0.3, 0.4) is 0 Å². The molecule has 1 fully saturated rings. The molecule has 37 heavy (non-hydrogen) atoms. The number of esters is 1. The van der Waals surface area contributed by atoms with Crippen LogP contribution in [-0.2, 0) is 20.8 Å². The van der Waals surface area contributed by atoms with Crippen molar-refractivity contribution >= 4 is 23.8 Å². The minimum absolute atomic E-state index is 0.0573. The number of thioether (sulfide) groups is 1. The second-order valence-corrected chi connectivity index (χ2v) is 10.9. The Balaban J connectivity index is 1.20. The molecule has 0 aromatic heterocycles. The van der Waals surface area contributed by atoms with Crippen molar-refractivity contribution in [2.45, 2.75) is 41.8 Å². The first-order valence-corrected chi connectivity index (χ1v) is 13.4. The average Bonchev–Trinajstić information content (AvgIpc) is 3.52. The summed E-state index contributed by atoms with van der Waals surface area (Å²) in [6.07, 6.45) is 1.37. The molecule has 1 atom stereocenters. The zero-order valence-corrected chi connectivity index (χ0v) is 21.3. The SMILES string of the molecule is [C-]#[N+]C1(CSc2ccc3c(c2)CN(C(=O)OCC2c4ccccc4-c4ccccc42)C3C(=O)OC)CC1. The van der Waals surface area contributed by atoms with E-state index >= 15 is 0 Å². The predicted octanol–water partition coefficient (Wildman–Crippen LogP) is 6.21. The number of carbonyl (C=O) groups is 2. The molecule has 0 radical (unpaired) electrons. The van der Waals surface area contributed by atoms with Gasteiger partial charge in [-0.1, -0.05) is 54.6 Å². The van der Waals surface area contributed by atoms with Gasteiger partial charge in [0.1, 0.15) is 6.61 Å². The average molecular weight is 511 g/mol. The minimum atomic E-state index is -0.840. The Hall–Kier alpha value is -3.76. The molecule has 3 aliphatic rings. The van der Waals surface area contributed by atoms with E-state index < -0.39 is 18.1 Å². The van der Waals surface area contributed by atoms with Gasteiger partial charge in [-0.05, 0) is 45.5 Å². The Morgan fingerprint density at radius 3 is 2.32 bits per heavy atom. The van der Waals surface area contributed by atoms with E-state index in [0.717, 1.165) is 56.9 Å². The third-order valence-corrected chi connectivity index (χ3v) is 8.90. The summed E-state index contributed by atoms with van der Waals surface area (Å²) in [5.41, 5.74) is 6.05. The Morgan fingerprint density at radius 1 is 1.03 bits per heavy atom. The molecule has 3 aromatic rings. The first-order valence-electron chi connectivity index (χ1n) is 12.4. The highest BCUT2D eigenvalue weighted by molar-refractivity contribution is 7.99. The van der Waals surface area contributed by atoms with Gasteiger partial charge in [-0.3, -0.25) is 4.90 Å². The number of carbonyl (C=O) groups excluding carboxylic acids is 2. The normalized spacial score (nSPS) is 18.4. The van der Waals surface area contributed by atoms with Gasteiger partial charge in [0.2, 0.25) is 5.54 Å². The lowest BCUT2D eigenvalue weighted by molar-refractivity contribution is -0.146. The Labute approximate surface area is 220 Å². The fraction of sp³-hybridized carbons (Fsp3) is 0.300. The molecule has 0 N–H and O–H groups in total. The van der Waals surface area contributed by atoms with Crippen LogP contribution >= 0.6 is 11.8 Å². The van der Waals surface area contributed by atoms with E-state index in [2.05, 4.69) is 29.1 Å². The number of hydrogen-bond acceptors (Lipinski definition) is 5. The molecule has 1 unspecified atom stereocenters. The molecule has 0 spiro atoms. The van der Waals surface area contributed by atoms with Crippen LogP contribution in [-0.4, -0.2) is 42.0 Å². The summed E-state index contributed by atoms with van der Waals surface area (Å²) in [6, 6.07) is 21.4. The van der Waals surface area contributed by atoms with Crippen molar-refractivity contribution in [3.8, 4) is 11.1 Å². The zero-order valence-electron chi connectivity index (χ0n) is 20.5. The molecule has 6 rings (SSSR count). The molecule has 1 amide bonds. The standard InChI is InChI=1S/C30H26N2O4S/c1-31-30(13-14-30)18-37-20-11-12-21-19(15-20)16-32(27(21)28(33)35-2)29(34)36-17-26-24-9-5-3-7-22(24)23-8-4-6-10-25(23)26/h3-12,15,26-27H,13-14,16-18H2,2H3. The lowest BCUT2D eigenvalue weighted by Gasteiger charge is -2.24. The Kier molecular flexibility index (Phi) is 5.92. The number of hydrogen-bond donors (Lipinski definition) is 0. The van der Waals surface area contributed by atoms with Crippen LogP contribution in [0.15, 0.2) is 71.6 Å². The number of methoxy groups -OCH3 is 1. The maximum atomic E-state index is 13.4. The molecule has 1 saturated carbocycles. The topological polar surface area (TPSA) is 60.2 Å². The summed E-state index contributed by atoms with van der Waals surface area (Å²) in [5, 5.41) is 0. The van der Waals surface area contributed by atoms with Crippen molar-refractivity contribution in [1.29, 1.82) is 0 Å². The lowest BCUT2D eigenvalue weighted by atomic mass is 9.98. The first kappa shape index (κ1) is 23.6. The number of benzene rings is 3. The van der Waals surface area contributed by atoms with Crippen LogP contribution in [0.1, 0.15) is 47.1 Å². The quantitative estimate of drug-likeness (QED) is 0.224. The molecule has 0 saturated heterocycles. The number of fused-ring (bicyclic) bond motifs is 4. The molecule has 7 heteroatoms. The van der Waals surface area contributed by atoms with E-state index in [-0.39, 0.29) is 24.6 Å². The van der Waals surface area contributed by atoms with Gasteiger partial charge >= 0.3 is 12.1 Å². The van der Waals surface area contributed by atoms with Crippen LogP contribution in [0, 0.1) is 6.57 Å². The van der Waals surface area contributed by atoms with Crippen LogP contribution in [0.4, 0.5) is 4.79 Å². The molecule has 6 nitrogen and oxygen atoms in total. The smallest absolute Gasteiger partial charge is 0.411 e. The molecule has 186 valence electrons. The van der Waals surface area contributed by atoms with Crippen molar-refractivity contribution in [2.75, 3.05) is 19.5 Å². The highest BCUT2D eigenvalue weighted by atomic mass is 32.2. The van der Waals surface area contributed by atoms with E-state index in [1.807, 2.05) is 42.5 Å². The molecule has 0 bridgehead atoms. The van der Waals surface area contributed by atoms with Gasteiger partial charge in [0.05, 0.1) is 19.4 Å². The summed E-state index contributed by atoms with van der Waals surface area (Å²) in [7, 11) is 1.33. The van der Waals surface area contributed by atoms with Gasteiger partial charge < -0.3 is 14.3 Å². The third kappa shape index (κ3) is 4.15. The Bertz CT molecular complexity index is 1400. The molecule has 2 aliphatic carbocycles. The van der Waals surface area contributed by atoms with Crippen LogP contribution in [0.5, 0.6) is 0 Å². The highest BCUT2D eigenvalue weighted by Crippen LogP contribution is 2.46. The minimum Gasteiger partial charge on any atom is -0.467 e. The molecular formula is C30H26N2O4S. The monoisotopic (exact) mass is 510 g/mol. The van der Waals surface area contributed by atoms with Gasteiger partial charge in [0.15, 0.2) is 6.04 Å². The van der Waals surface area contributed by atoms with E-state index in [1.165, 1.54) is 12.0 Å². The van der Waals surface area contributed by atoms with Crippen LogP contribution in [0.2, 0.25) is 0 Å². The second kappa shape index (κ2) is 9.28. The van der Waals surface area contributed by atoms with Crippen molar-refractivity contribution in [3.63, 3.8) is 0 Å². The summed E-state index contributed by atoms with van der Waals surface area (Å²) >= 11 is 1.65. The van der Waals surface area contributed by atoms with Crippen molar-refractivity contribution in [3.05, 3.63) is 100 Å². The van der Waals surface area contributed by atoms with Crippen LogP contribution in [0.25, 0.3) is 16.0 Å². The zero-order chi connectivity index (χ0) is 25.6. The summed E-state index contributed by atoms with van der Waals surface area (Å²) in [4.78, 5) is 32.4. The molecule has 1 heterocycles. The van der Waals surface area contributed by atoms with Gasteiger partial charge in [0.25, 0.3) is 0 Å². The summed E-state index contributed by atoms with van der Waals surface area (Å²) in [5.74, 6) is 0.210. The van der Waals surface area contributed by atoms with E-state index in [4.69, 9.17) is 16.0 Å². The number of ether oxygens (including phenoxy) is 2. The summed E-state index contributed by atoms with van der Waals surface area (Å²) in [6.45, 7) is 7.87. The summed E-state index contributed by atoms with van der Waals surface area (Å²) < 4.78 is 10.9. The largest absolute Gasteiger partial charge is 0.467 e. The maximum Gasteiger partial charge on any atom is 0.411 e. The Morgan fingerprint density at radius 2 is 1.70 bits per heavy atom. The predicted molar refractivity (Wildman–Crippen MR) is 141 cm³/mol. The number of rotatable bonds is 6. The maximum absolute atomic E-state index is 13.4. The third-order valence-electron chi connectivity index (χ3n) is 7.63. The highest BCUT2D eigenvalue weighted by Gasteiger charge is 2.50. The van der Waals surface area contributed by atoms with E-state index in [1.54, 1.807) is 11.8 Å². The lowest BCUT2D eigenvalue weighted by Crippen LogP contribution is -2.35. The number of amides is 1. The second-order valence-electron chi connectivity index (χ2n) is 9.84. The molecule has 3 aromatic carbocycles. The molecular weight excluding hydrogens is 484 g/mol. The van der Waals surface area contributed by atoms with Gasteiger partial charge in [-0.15, -0.1) is 11.8 Å². The van der Waals surface area contributed by atoms with Crippen molar-refractivity contribution in [1.82, 2.24) is 4.90 Å². The fourth-order valence-corrected chi connectivity index (χ4v) is 6.56. The van der Waals surface area contributed by atoms with Gasteiger partial charge in [-0.25, -0.2) is 16.2 Å². The van der Waals surface area contributed by atoms with E-state index in [9.17, 15) is 9.59 Å². The van der Waals surface area contributed by atoms with E-state index in [0.29, 0.717) is 0 Å². The van der Waals surface area contributed by atoms with Gasteiger partial charge in [0, 0.05) is 23.7 Å².